The fourth-order valence-electron chi connectivity index (χ4n) is 2.26. The van der Waals surface area contributed by atoms with Crippen LogP contribution in [0.3, 0.4) is 0 Å². The van der Waals surface area contributed by atoms with E-state index in [0.29, 0.717) is 18.9 Å². The number of hydrogen-bond donors (Lipinski definition) is 2. The summed E-state index contributed by atoms with van der Waals surface area (Å²) in [4.78, 5) is 16.0. The molecule has 21 heavy (non-hydrogen) atoms. The van der Waals surface area contributed by atoms with Gasteiger partial charge in [0.25, 0.3) is 0 Å². The molecule has 1 aromatic rings. The number of carbonyl (C=O) groups is 1. The van der Waals surface area contributed by atoms with E-state index < -0.39 is 11.5 Å². The van der Waals surface area contributed by atoms with E-state index >= 15 is 0 Å². The highest BCUT2D eigenvalue weighted by molar-refractivity contribution is 8.00. The van der Waals surface area contributed by atoms with Crippen molar-refractivity contribution in [3.63, 3.8) is 0 Å². The number of thioether (sulfide) groups is 1. The zero-order chi connectivity index (χ0) is 15.3. The zero-order valence-corrected chi connectivity index (χ0v) is 14.2. The molecule has 1 aromatic heterocycles. The number of rotatable bonds is 10. The molecule has 1 unspecified atom stereocenters. The number of carboxylic acids is 1. The third-order valence-electron chi connectivity index (χ3n) is 3.81. The van der Waals surface area contributed by atoms with E-state index in [9.17, 15) is 9.90 Å². The molecule has 0 spiro atoms. The lowest BCUT2D eigenvalue weighted by molar-refractivity contribution is -0.145. The molecule has 0 radical (unpaired) electrons. The lowest BCUT2D eigenvalue weighted by atomic mass is 9.90. The summed E-state index contributed by atoms with van der Waals surface area (Å²) in [5, 5.41) is 12.9. The number of nitrogens with zero attached hydrogens (tertiary/aromatic N) is 2. The minimum atomic E-state index is -0.753. The number of nitrogens with one attached hydrogen (secondary N) is 1. The van der Waals surface area contributed by atoms with Gasteiger partial charge in [0.05, 0.1) is 0 Å². The normalized spacial score (nSPS) is 17.6. The van der Waals surface area contributed by atoms with E-state index in [-0.39, 0.29) is 0 Å². The molecule has 0 amide bonds. The monoisotopic (exact) mass is 329 g/mol. The molecule has 0 saturated heterocycles. The highest BCUT2D eigenvalue weighted by atomic mass is 32.2. The van der Waals surface area contributed by atoms with Crippen molar-refractivity contribution in [1.82, 2.24) is 14.7 Å². The number of aromatic nitrogens is 2. The summed E-state index contributed by atoms with van der Waals surface area (Å²) < 4.78 is 5.24. The predicted molar refractivity (Wildman–Crippen MR) is 86.1 cm³/mol. The maximum absolute atomic E-state index is 11.6. The summed E-state index contributed by atoms with van der Waals surface area (Å²) in [5.74, 6) is 1.07. The molecule has 2 rings (SSSR count). The Morgan fingerprint density at radius 1 is 1.52 bits per heavy atom. The lowest BCUT2D eigenvalue weighted by Gasteiger charge is -2.29. The largest absolute Gasteiger partial charge is 0.480 e. The van der Waals surface area contributed by atoms with Crippen LogP contribution in [0.25, 0.3) is 0 Å². The Labute approximate surface area is 134 Å². The SMILES string of the molecule is CCc1nsc(SCCCC(CC)(NC2CC2)C(=O)O)n1. The smallest absolute Gasteiger partial charge is 0.323 e. The van der Waals surface area contributed by atoms with Crippen molar-refractivity contribution in [1.29, 1.82) is 0 Å². The van der Waals surface area contributed by atoms with Crippen molar-refractivity contribution >= 4 is 29.3 Å². The molecule has 1 atom stereocenters. The molecule has 2 N–H and O–H groups in total. The Morgan fingerprint density at radius 3 is 2.81 bits per heavy atom. The maximum atomic E-state index is 11.6. The fraction of sp³-hybridized carbons (Fsp3) is 0.786. The number of carboxylic acid groups (broad SMARTS) is 1. The van der Waals surface area contributed by atoms with E-state index in [1.165, 1.54) is 11.5 Å². The first-order valence-electron chi connectivity index (χ1n) is 7.56. The standard InChI is InChI=1S/C14H23N3O2S2/c1-3-11-15-13(21-17-11)20-9-5-8-14(4-2,12(18)19)16-10-6-7-10/h10,16H,3-9H2,1-2H3,(H,18,19). The quantitative estimate of drug-likeness (QED) is 0.508. The molecule has 1 aliphatic rings. The van der Waals surface area contributed by atoms with E-state index in [4.69, 9.17) is 0 Å². The minimum Gasteiger partial charge on any atom is -0.480 e. The first-order valence-corrected chi connectivity index (χ1v) is 9.32. The van der Waals surface area contributed by atoms with Crippen molar-refractivity contribution in [3.05, 3.63) is 5.82 Å². The molecule has 7 heteroatoms. The minimum absolute atomic E-state index is 0.406. The van der Waals surface area contributed by atoms with E-state index in [1.807, 2.05) is 13.8 Å². The Hall–Kier alpha value is -0.660. The predicted octanol–water partition coefficient (Wildman–Crippen LogP) is 2.96. The second-order valence-electron chi connectivity index (χ2n) is 5.44. The van der Waals surface area contributed by atoms with Crippen molar-refractivity contribution < 1.29 is 9.90 Å². The summed E-state index contributed by atoms with van der Waals surface area (Å²) in [7, 11) is 0. The third kappa shape index (κ3) is 4.66. The summed E-state index contributed by atoms with van der Waals surface area (Å²) in [5.41, 5.74) is -0.753. The van der Waals surface area contributed by atoms with Gasteiger partial charge in [0.1, 0.15) is 11.4 Å². The molecule has 5 nitrogen and oxygen atoms in total. The molecular weight excluding hydrogens is 306 g/mol. The van der Waals surface area contributed by atoms with Gasteiger partial charge < -0.3 is 5.11 Å². The van der Waals surface area contributed by atoms with Gasteiger partial charge in [-0.15, -0.1) is 0 Å². The molecule has 118 valence electrons. The molecule has 1 fully saturated rings. The lowest BCUT2D eigenvalue weighted by Crippen LogP contribution is -2.52. The van der Waals surface area contributed by atoms with Crippen LogP contribution in [-0.2, 0) is 11.2 Å². The highest BCUT2D eigenvalue weighted by Gasteiger charge is 2.40. The Balaban J connectivity index is 1.79. The molecule has 1 heterocycles. The molecule has 1 aliphatic carbocycles. The van der Waals surface area contributed by atoms with Gasteiger partial charge in [-0.05, 0) is 43.6 Å². The van der Waals surface area contributed by atoms with E-state index in [0.717, 1.165) is 41.6 Å². The Kier molecular flexibility index (Phi) is 6.01. The third-order valence-corrected chi connectivity index (χ3v) is 5.77. The van der Waals surface area contributed by atoms with Crippen LogP contribution in [0.1, 0.15) is 51.8 Å². The van der Waals surface area contributed by atoms with Crippen LogP contribution in [0.5, 0.6) is 0 Å². The summed E-state index contributed by atoms with van der Waals surface area (Å²) in [6.07, 6.45) is 5.23. The van der Waals surface area contributed by atoms with Gasteiger partial charge >= 0.3 is 5.97 Å². The Bertz CT molecular complexity index is 477. The molecule has 0 aliphatic heterocycles. The number of aliphatic carboxylic acids is 1. The van der Waals surface area contributed by atoms with Crippen LogP contribution >= 0.6 is 23.3 Å². The molecule has 0 aromatic carbocycles. The highest BCUT2D eigenvalue weighted by Crippen LogP contribution is 2.29. The van der Waals surface area contributed by atoms with Crippen LogP contribution in [-0.4, -0.2) is 37.8 Å². The number of hydrogen-bond acceptors (Lipinski definition) is 6. The van der Waals surface area contributed by atoms with Crippen LogP contribution in [0.2, 0.25) is 0 Å². The average Bonchev–Trinajstić information content (AvgIpc) is 3.17. The van der Waals surface area contributed by atoms with Crippen molar-refractivity contribution in [2.24, 2.45) is 0 Å². The summed E-state index contributed by atoms with van der Waals surface area (Å²) in [6, 6.07) is 0.406. The van der Waals surface area contributed by atoms with Gasteiger partial charge in [-0.2, -0.15) is 4.37 Å². The van der Waals surface area contributed by atoms with Crippen LogP contribution in [0, 0.1) is 0 Å². The molecular formula is C14H23N3O2S2. The van der Waals surface area contributed by atoms with Gasteiger partial charge in [-0.1, -0.05) is 25.6 Å². The fourth-order valence-corrected chi connectivity index (χ4v) is 3.97. The van der Waals surface area contributed by atoms with E-state index in [1.54, 1.807) is 11.8 Å². The maximum Gasteiger partial charge on any atom is 0.323 e. The average molecular weight is 329 g/mol. The van der Waals surface area contributed by atoms with Crippen molar-refractivity contribution in [3.8, 4) is 0 Å². The number of aryl methyl sites for hydroxylation is 1. The summed E-state index contributed by atoms with van der Waals surface area (Å²) >= 11 is 3.11. The Morgan fingerprint density at radius 2 is 2.29 bits per heavy atom. The van der Waals surface area contributed by atoms with Crippen LogP contribution < -0.4 is 5.32 Å². The van der Waals surface area contributed by atoms with Gasteiger partial charge in [-0.3, -0.25) is 10.1 Å². The van der Waals surface area contributed by atoms with E-state index in [2.05, 4.69) is 14.7 Å². The second kappa shape index (κ2) is 7.56. The van der Waals surface area contributed by atoms with Crippen LogP contribution in [0.15, 0.2) is 4.34 Å². The topological polar surface area (TPSA) is 75.1 Å². The summed E-state index contributed by atoms with van der Waals surface area (Å²) in [6.45, 7) is 4.00. The van der Waals surface area contributed by atoms with Gasteiger partial charge in [-0.25, -0.2) is 4.98 Å². The van der Waals surface area contributed by atoms with Crippen LogP contribution in [0.4, 0.5) is 0 Å². The first kappa shape index (κ1) is 16.7. The van der Waals surface area contributed by atoms with Gasteiger partial charge in [0, 0.05) is 18.2 Å². The zero-order valence-electron chi connectivity index (χ0n) is 12.6. The van der Waals surface area contributed by atoms with Gasteiger partial charge in [0.15, 0.2) is 4.34 Å². The van der Waals surface area contributed by atoms with Gasteiger partial charge in [0.2, 0.25) is 0 Å². The van der Waals surface area contributed by atoms with Crippen molar-refractivity contribution in [2.75, 3.05) is 5.75 Å². The first-order chi connectivity index (χ1) is 10.1. The molecule has 0 bridgehead atoms. The molecule has 1 saturated carbocycles. The van der Waals surface area contributed by atoms with Crippen molar-refractivity contribution in [2.45, 2.75) is 68.3 Å². The second-order valence-corrected chi connectivity index (χ2v) is 7.54.